The molecule has 3 heterocycles. The zero-order valence-electron chi connectivity index (χ0n) is 11.3. The lowest BCUT2D eigenvalue weighted by Crippen LogP contribution is -2.51. The summed E-state index contributed by atoms with van der Waals surface area (Å²) in [7, 11) is 0. The smallest absolute Gasteiger partial charge is 0.138 e. The van der Waals surface area contributed by atoms with Crippen molar-refractivity contribution in [2.75, 3.05) is 6.61 Å². The number of hydrogen-bond donors (Lipinski definition) is 4. The number of aliphatic hydroxyl groups is 3. The maximum absolute atomic E-state index is 10.7. The molecule has 5 N–H and O–H groups in total. The normalized spacial score (nSPS) is 41.4. The maximum Gasteiger partial charge on any atom is 0.138 e. The third-order valence-corrected chi connectivity index (χ3v) is 4.13. The molecular weight excluding hydrogens is 274 g/mol. The first-order valence-electron chi connectivity index (χ1n) is 6.61. The zero-order valence-corrected chi connectivity index (χ0v) is 11.3. The van der Waals surface area contributed by atoms with Gasteiger partial charge in [0.05, 0.1) is 18.2 Å². The molecule has 3 aliphatic heterocycles. The molecule has 0 amide bonds. The summed E-state index contributed by atoms with van der Waals surface area (Å²) in [5, 5.41) is 30.1. The molecule has 0 aromatic heterocycles. The summed E-state index contributed by atoms with van der Waals surface area (Å²) in [6.07, 6.45) is 3.07. The van der Waals surface area contributed by atoms with Crippen molar-refractivity contribution in [3.8, 4) is 0 Å². The second-order valence-electron chi connectivity index (χ2n) is 5.25. The molecule has 0 bridgehead atoms. The summed E-state index contributed by atoms with van der Waals surface area (Å²) in [5.74, 6) is -0.144. The first kappa shape index (κ1) is 14.2. The number of aliphatic hydroxyl groups excluding tert-OH is 2. The van der Waals surface area contributed by atoms with E-state index in [4.69, 9.17) is 10.5 Å². The second kappa shape index (κ2) is 4.88. The van der Waals surface area contributed by atoms with E-state index in [0.717, 1.165) is 0 Å². The molecule has 0 saturated carbocycles. The molecular formula is C14H17N3O4. The number of nitrogens with zero attached hydrogens (tertiary/aromatic N) is 2. The Labute approximate surface area is 121 Å². The Morgan fingerprint density at radius 2 is 2.29 bits per heavy atom. The molecule has 112 valence electrons. The standard InChI is InChI=1S/C14H17N3O4/c1-2-14(20)11(19)9(6-18)21-12(14)8-5-17-13(15)7-3-4-16-10(7)8/h2-5,8-9,11-12,18-20H,1,6,15H2/t8?,9-,11-,12+,14-/m1/s1. The van der Waals surface area contributed by atoms with E-state index in [1.807, 2.05) is 0 Å². The molecule has 0 spiro atoms. The number of fused-ring (bicyclic) bond motifs is 1. The predicted molar refractivity (Wildman–Crippen MR) is 76.7 cm³/mol. The Bertz CT molecular complexity index is 595. The van der Waals surface area contributed by atoms with Gasteiger partial charge in [-0.3, -0.25) is 4.99 Å². The lowest BCUT2D eigenvalue weighted by atomic mass is 9.80. The Morgan fingerprint density at radius 3 is 2.95 bits per heavy atom. The van der Waals surface area contributed by atoms with E-state index in [9.17, 15) is 15.3 Å². The van der Waals surface area contributed by atoms with Gasteiger partial charge in [0.15, 0.2) is 0 Å². The van der Waals surface area contributed by atoms with Crippen LogP contribution in [0.4, 0.5) is 0 Å². The zero-order chi connectivity index (χ0) is 15.2. The van der Waals surface area contributed by atoms with Crippen molar-refractivity contribution in [2.45, 2.75) is 23.9 Å². The van der Waals surface area contributed by atoms with Crippen LogP contribution in [0, 0.1) is 5.92 Å². The van der Waals surface area contributed by atoms with Crippen molar-refractivity contribution < 1.29 is 20.1 Å². The first-order valence-corrected chi connectivity index (χ1v) is 6.61. The molecule has 1 fully saturated rings. The SMILES string of the molecule is C=C[C@@]1(O)[C@H](O)[C@@H](CO)O[C@H]1C1C=NC(N)=C2C=CN=C21. The van der Waals surface area contributed by atoms with Crippen molar-refractivity contribution in [1.29, 1.82) is 0 Å². The minimum absolute atomic E-state index is 0.346. The van der Waals surface area contributed by atoms with E-state index < -0.39 is 36.4 Å². The van der Waals surface area contributed by atoms with Crippen molar-refractivity contribution in [1.82, 2.24) is 0 Å². The van der Waals surface area contributed by atoms with Gasteiger partial charge in [0.1, 0.15) is 29.7 Å². The lowest BCUT2D eigenvalue weighted by molar-refractivity contribution is -0.0438. The average Bonchev–Trinajstić information content (AvgIpc) is 3.07. The highest BCUT2D eigenvalue weighted by Crippen LogP contribution is 2.39. The van der Waals surface area contributed by atoms with Gasteiger partial charge in [-0.15, -0.1) is 6.58 Å². The molecule has 0 aromatic rings. The highest BCUT2D eigenvalue weighted by Gasteiger charge is 2.57. The monoisotopic (exact) mass is 291 g/mol. The summed E-state index contributed by atoms with van der Waals surface area (Å²) >= 11 is 0. The van der Waals surface area contributed by atoms with Crippen LogP contribution in [0.3, 0.4) is 0 Å². The molecule has 7 heteroatoms. The summed E-state index contributed by atoms with van der Waals surface area (Å²) < 4.78 is 5.63. The van der Waals surface area contributed by atoms with Crippen LogP contribution < -0.4 is 5.73 Å². The van der Waals surface area contributed by atoms with Crippen molar-refractivity contribution in [3.63, 3.8) is 0 Å². The molecule has 21 heavy (non-hydrogen) atoms. The Hall–Kier alpha value is -1.80. The van der Waals surface area contributed by atoms with Gasteiger partial charge in [-0.1, -0.05) is 6.08 Å². The van der Waals surface area contributed by atoms with Gasteiger partial charge >= 0.3 is 0 Å². The Kier molecular flexibility index (Phi) is 3.29. The van der Waals surface area contributed by atoms with E-state index in [-0.39, 0.29) is 0 Å². The number of hydrogen-bond acceptors (Lipinski definition) is 7. The quantitative estimate of drug-likeness (QED) is 0.490. The van der Waals surface area contributed by atoms with Crippen molar-refractivity contribution >= 4 is 11.9 Å². The van der Waals surface area contributed by atoms with Gasteiger partial charge in [-0.25, -0.2) is 4.99 Å². The molecule has 3 rings (SSSR count). The molecule has 7 nitrogen and oxygen atoms in total. The molecule has 1 saturated heterocycles. The summed E-state index contributed by atoms with van der Waals surface area (Å²) in [6.45, 7) is 3.16. The minimum atomic E-state index is -1.70. The van der Waals surface area contributed by atoms with E-state index in [0.29, 0.717) is 17.1 Å². The van der Waals surface area contributed by atoms with Crippen molar-refractivity contribution in [2.24, 2.45) is 21.6 Å². The largest absolute Gasteiger partial charge is 0.394 e. The number of rotatable bonds is 3. The first-order chi connectivity index (χ1) is 10.0. The van der Waals surface area contributed by atoms with Crippen LogP contribution >= 0.6 is 0 Å². The third kappa shape index (κ3) is 1.90. The number of ether oxygens (including phenoxy) is 1. The van der Waals surface area contributed by atoms with Gasteiger partial charge in [0, 0.05) is 18.0 Å². The highest BCUT2D eigenvalue weighted by molar-refractivity contribution is 6.15. The fraction of sp³-hybridized carbons (Fsp3) is 0.429. The topological polar surface area (TPSA) is 121 Å². The van der Waals surface area contributed by atoms with Crippen LogP contribution in [0.2, 0.25) is 0 Å². The maximum atomic E-state index is 10.7. The summed E-state index contributed by atoms with van der Waals surface area (Å²) in [5.41, 5.74) is 5.40. The van der Waals surface area contributed by atoms with Crippen LogP contribution in [-0.2, 0) is 4.74 Å². The lowest BCUT2D eigenvalue weighted by Gasteiger charge is -2.33. The van der Waals surface area contributed by atoms with E-state index in [1.54, 1.807) is 12.3 Å². The summed E-state index contributed by atoms with van der Waals surface area (Å²) in [6, 6.07) is 0. The number of aliphatic imine (C=N–C) groups is 2. The van der Waals surface area contributed by atoms with Crippen LogP contribution in [0.1, 0.15) is 0 Å². The predicted octanol–water partition coefficient (Wildman–Crippen LogP) is -1.14. The average molecular weight is 291 g/mol. The molecule has 0 aliphatic carbocycles. The van der Waals surface area contributed by atoms with Crippen LogP contribution in [0.15, 0.2) is 46.3 Å². The minimum Gasteiger partial charge on any atom is -0.394 e. The molecule has 1 unspecified atom stereocenters. The van der Waals surface area contributed by atoms with Crippen LogP contribution in [0.5, 0.6) is 0 Å². The molecule has 3 aliphatic rings. The van der Waals surface area contributed by atoms with Gasteiger partial charge in [-0.2, -0.15) is 0 Å². The number of allylic oxidation sites excluding steroid dienone is 2. The highest BCUT2D eigenvalue weighted by atomic mass is 16.6. The van der Waals surface area contributed by atoms with E-state index in [2.05, 4.69) is 16.6 Å². The fourth-order valence-corrected chi connectivity index (χ4v) is 2.94. The Morgan fingerprint density at radius 1 is 1.52 bits per heavy atom. The number of nitrogens with two attached hydrogens (primary N) is 1. The third-order valence-electron chi connectivity index (χ3n) is 4.13. The van der Waals surface area contributed by atoms with E-state index >= 15 is 0 Å². The molecule has 5 atom stereocenters. The van der Waals surface area contributed by atoms with Gasteiger partial charge in [0.2, 0.25) is 0 Å². The molecule has 0 aromatic carbocycles. The van der Waals surface area contributed by atoms with E-state index in [1.165, 1.54) is 12.3 Å². The second-order valence-corrected chi connectivity index (χ2v) is 5.25. The van der Waals surface area contributed by atoms with Crippen LogP contribution in [0.25, 0.3) is 0 Å². The summed E-state index contributed by atoms with van der Waals surface area (Å²) in [4.78, 5) is 8.35. The van der Waals surface area contributed by atoms with Gasteiger partial charge in [0.25, 0.3) is 0 Å². The van der Waals surface area contributed by atoms with Crippen LogP contribution in [-0.4, -0.2) is 57.8 Å². The van der Waals surface area contributed by atoms with Crippen molar-refractivity contribution in [3.05, 3.63) is 36.3 Å². The van der Waals surface area contributed by atoms with Gasteiger partial charge in [-0.05, 0) is 6.08 Å². The fourth-order valence-electron chi connectivity index (χ4n) is 2.94. The van der Waals surface area contributed by atoms with Gasteiger partial charge < -0.3 is 25.8 Å². The molecule has 0 radical (unpaired) electrons. The Balaban J connectivity index is 1.98.